The van der Waals surface area contributed by atoms with E-state index in [4.69, 9.17) is 15.9 Å². The van der Waals surface area contributed by atoms with Crippen LogP contribution in [0.25, 0.3) is 0 Å². The molecule has 1 unspecified atom stereocenters. The SMILES string of the molecule is CCCCCCC(C)Oc1cc(C)ccc1C(=N)N. The lowest BCUT2D eigenvalue weighted by Gasteiger charge is -2.17. The fourth-order valence-electron chi connectivity index (χ4n) is 2.08. The Balaban J connectivity index is 2.60. The molecule has 0 aliphatic carbocycles. The Morgan fingerprint density at radius 3 is 2.68 bits per heavy atom. The molecule has 0 saturated carbocycles. The number of hydrogen-bond acceptors (Lipinski definition) is 2. The molecule has 0 aliphatic heterocycles. The summed E-state index contributed by atoms with van der Waals surface area (Å²) in [4.78, 5) is 0. The normalized spacial score (nSPS) is 12.2. The number of hydrogen-bond donors (Lipinski definition) is 2. The molecule has 19 heavy (non-hydrogen) atoms. The fourth-order valence-corrected chi connectivity index (χ4v) is 2.08. The zero-order valence-electron chi connectivity index (χ0n) is 12.3. The van der Waals surface area contributed by atoms with Crippen molar-refractivity contribution in [2.24, 2.45) is 5.73 Å². The van der Waals surface area contributed by atoms with E-state index in [1.54, 1.807) is 0 Å². The van der Waals surface area contributed by atoms with Crippen LogP contribution in [0.5, 0.6) is 5.75 Å². The molecule has 3 heteroatoms. The molecule has 0 saturated heterocycles. The van der Waals surface area contributed by atoms with E-state index in [9.17, 15) is 0 Å². The van der Waals surface area contributed by atoms with E-state index in [1.165, 1.54) is 25.7 Å². The molecule has 1 atom stereocenters. The minimum absolute atomic E-state index is 0.0631. The topological polar surface area (TPSA) is 59.1 Å². The van der Waals surface area contributed by atoms with E-state index in [-0.39, 0.29) is 11.9 Å². The van der Waals surface area contributed by atoms with Crippen LogP contribution in [0.15, 0.2) is 18.2 Å². The van der Waals surface area contributed by atoms with Gasteiger partial charge >= 0.3 is 0 Å². The second-order valence-corrected chi connectivity index (χ2v) is 5.19. The summed E-state index contributed by atoms with van der Waals surface area (Å²) >= 11 is 0. The molecule has 0 bridgehead atoms. The summed E-state index contributed by atoms with van der Waals surface area (Å²) in [5.41, 5.74) is 7.39. The summed E-state index contributed by atoms with van der Waals surface area (Å²) in [5.74, 6) is 0.795. The predicted molar refractivity (Wildman–Crippen MR) is 81.0 cm³/mol. The van der Waals surface area contributed by atoms with Gasteiger partial charge in [-0.05, 0) is 44.4 Å². The smallest absolute Gasteiger partial charge is 0.130 e. The maximum Gasteiger partial charge on any atom is 0.130 e. The van der Waals surface area contributed by atoms with Crippen molar-refractivity contribution in [3.05, 3.63) is 29.3 Å². The van der Waals surface area contributed by atoms with Gasteiger partial charge in [0.25, 0.3) is 0 Å². The van der Waals surface area contributed by atoms with Gasteiger partial charge in [0.2, 0.25) is 0 Å². The average Bonchev–Trinajstić information content (AvgIpc) is 2.34. The lowest BCUT2D eigenvalue weighted by atomic mass is 10.1. The number of amidine groups is 1. The third-order valence-electron chi connectivity index (χ3n) is 3.22. The molecule has 106 valence electrons. The maximum atomic E-state index is 7.58. The Morgan fingerprint density at radius 2 is 2.05 bits per heavy atom. The Labute approximate surface area is 116 Å². The predicted octanol–water partition coefficient (Wildman–Crippen LogP) is 4.02. The van der Waals surface area contributed by atoms with Gasteiger partial charge in [-0.15, -0.1) is 0 Å². The molecule has 0 amide bonds. The number of nitrogen functional groups attached to an aromatic ring is 1. The molecule has 3 nitrogen and oxygen atoms in total. The zero-order chi connectivity index (χ0) is 14.3. The first-order valence-corrected chi connectivity index (χ1v) is 7.16. The molecule has 0 aliphatic rings. The van der Waals surface area contributed by atoms with Crippen molar-refractivity contribution in [3.63, 3.8) is 0 Å². The van der Waals surface area contributed by atoms with Crippen LogP contribution in [0.3, 0.4) is 0 Å². The molecule has 1 aromatic rings. The Morgan fingerprint density at radius 1 is 1.32 bits per heavy atom. The maximum absolute atomic E-state index is 7.58. The second kappa shape index (κ2) is 7.82. The summed E-state index contributed by atoms with van der Waals surface area (Å²) < 4.78 is 5.95. The quantitative estimate of drug-likeness (QED) is 0.422. The molecule has 0 heterocycles. The second-order valence-electron chi connectivity index (χ2n) is 5.19. The summed E-state index contributed by atoms with van der Waals surface area (Å²) in [6.45, 7) is 6.31. The van der Waals surface area contributed by atoms with Gasteiger partial charge in [0, 0.05) is 0 Å². The van der Waals surface area contributed by atoms with Crippen molar-refractivity contribution in [2.45, 2.75) is 59.0 Å². The van der Waals surface area contributed by atoms with Gasteiger partial charge < -0.3 is 10.5 Å². The highest BCUT2D eigenvalue weighted by Gasteiger charge is 2.10. The summed E-state index contributed by atoms with van der Waals surface area (Å²) in [6.07, 6.45) is 6.20. The van der Waals surface area contributed by atoms with Gasteiger partial charge in [0.05, 0.1) is 11.7 Å². The molecule has 3 N–H and O–H groups in total. The number of nitrogens with one attached hydrogen (secondary N) is 1. The Bertz CT molecular complexity index is 415. The minimum atomic E-state index is 0.0631. The van der Waals surface area contributed by atoms with Crippen molar-refractivity contribution >= 4 is 5.84 Å². The third-order valence-corrected chi connectivity index (χ3v) is 3.22. The number of unbranched alkanes of at least 4 members (excludes halogenated alkanes) is 3. The lowest BCUT2D eigenvalue weighted by molar-refractivity contribution is 0.206. The van der Waals surface area contributed by atoms with Crippen LogP contribution >= 0.6 is 0 Å². The number of benzene rings is 1. The van der Waals surface area contributed by atoms with Gasteiger partial charge in [-0.3, -0.25) is 5.41 Å². The van der Waals surface area contributed by atoms with E-state index in [0.717, 1.165) is 17.7 Å². The van der Waals surface area contributed by atoms with Crippen molar-refractivity contribution < 1.29 is 4.74 Å². The van der Waals surface area contributed by atoms with Crippen molar-refractivity contribution in [2.75, 3.05) is 0 Å². The van der Waals surface area contributed by atoms with Crippen molar-refractivity contribution in [1.29, 1.82) is 5.41 Å². The van der Waals surface area contributed by atoms with Crippen molar-refractivity contribution in [3.8, 4) is 5.75 Å². The number of rotatable bonds is 8. The van der Waals surface area contributed by atoms with Gasteiger partial charge in [-0.1, -0.05) is 32.3 Å². The van der Waals surface area contributed by atoms with Crippen LogP contribution in [0, 0.1) is 12.3 Å². The zero-order valence-corrected chi connectivity index (χ0v) is 12.3. The monoisotopic (exact) mass is 262 g/mol. The van der Waals surface area contributed by atoms with E-state index in [1.807, 2.05) is 25.1 Å². The third kappa shape index (κ3) is 5.33. The van der Waals surface area contributed by atoms with Crippen LogP contribution in [-0.4, -0.2) is 11.9 Å². The number of aryl methyl sites for hydroxylation is 1. The van der Waals surface area contributed by atoms with Crippen LogP contribution in [0.4, 0.5) is 0 Å². The molecular weight excluding hydrogens is 236 g/mol. The van der Waals surface area contributed by atoms with E-state index in [0.29, 0.717) is 5.56 Å². The standard InChI is InChI=1S/C16H26N2O/c1-4-5-6-7-8-13(3)19-15-11-12(2)9-10-14(15)16(17)18/h9-11,13H,4-8H2,1-3H3,(H3,17,18). The number of nitrogens with two attached hydrogens (primary N) is 1. The molecule has 1 aromatic carbocycles. The van der Waals surface area contributed by atoms with Crippen LogP contribution in [0.2, 0.25) is 0 Å². The van der Waals surface area contributed by atoms with Gasteiger partial charge in [0.1, 0.15) is 11.6 Å². The van der Waals surface area contributed by atoms with Crippen LogP contribution in [-0.2, 0) is 0 Å². The largest absolute Gasteiger partial charge is 0.490 e. The molecule has 0 radical (unpaired) electrons. The lowest BCUT2D eigenvalue weighted by Crippen LogP contribution is -2.17. The average molecular weight is 262 g/mol. The van der Waals surface area contributed by atoms with Crippen molar-refractivity contribution in [1.82, 2.24) is 0 Å². The van der Waals surface area contributed by atoms with Crippen LogP contribution in [0.1, 0.15) is 57.1 Å². The first-order valence-electron chi connectivity index (χ1n) is 7.16. The summed E-state index contributed by atoms with van der Waals surface area (Å²) in [6, 6.07) is 5.77. The molecule has 1 rings (SSSR count). The molecule has 0 spiro atoms. The fraction of sp³-hybridized carbons (Fsp3) is 0.562. The van der Waals surface area contributed by atoms with E-state index < -0.39 is 0 Å². The molecule has 0 aromatic heterocycles. The minimum Gasteiger partial charge on any atom is -0.490 e. The number of ether oxygens (including phenoxy) is 1. The van der Waals surface area contributed by atoms with E-state index in [2.05, 4.69) is 13.8 Å². The Kier molecular flexibility index (Phi) is 6.40. The first-order chi connectivity index (χ1) is 9.04. The van der Waals surface area contributed by atoms with Gasteiger partial charge in [-0.25, -0.2) is 0 Å². The highest BCUT2D eigenvalue weighted by atomic mass is 16.5. The molecular formula is C16H26N2O. The Hall–Kier alpha value is -1.51. The first kappa shape index (κ1) is 15.5. The van der Waals surface area contributed by atoms with E-state index >= 15 is 0 Å². The highest BCUT2D eigenvalue weighted by molar-refractivity contribution is 5.97. The van der Waals surface area contributed by atoms with Gasteiger partial charge in [-0.2, -0.15) is 0 Å². The highest BCUT2D eigenvalue weighted by Crippen LogP contribution is 2.22. The van der Waals surface area contributed by atoms with Gasteiger partial charge in [0.15, 0.2) is 0 Å². The molecule has 0 fully saturated rings. The van der Waals surface area contributed by atoms with Crippen LogP contribution < -0.4 is 10.5 Å². The summed E-state index contributed by atoms with van der Waals surface area (Å²) in [5, 5.41) is 7.58. The summed E-state index contributed by atoms with van der Waals surface area (Å²) in [7, 11) is 0.